The first-order valence-electron chi connectivity index (χ1n) is 6.45. The van der Waals surface area contributed by atoms with Crippen molar-refractivity contribution in [2.24, 2.45) is 12.8 Å². The fraction of sp³-hybridized carbons (Fsp3) is 0.400. The summed E-state index contributed by atoms with van der Waals surface area (Å²) in [7, 11) is 1.89. The number of hydrogen-bond donors (Lipinski definition) is 2. The van der Waals surface area contributed by atoms with Crippen molar-refractivity contribution in [3.63, 3.8) is 0 Å². The third-order valence-electron chi connectivity index (χ3n) is 3.62. The molecule has 19 heavy (non-hydrogen) atoms. The van der Waals surface area contributed by atoms with E-state index in [-0.39, 0.29) is 6.61 Å². The highest BCUT2D eigenvalue weighted by molar-refractivity contribution is 5.32. The predicted octanol–water partition coefficient (Wildman–Crippen LogP) is 1.16. The Balaban J connectivity index is 2.37. The van der Waals surface area contributed by atoms with E-state index < -0.39 is 5.41 Å². The fourth-order valence-electron chi connectivity index (χ4n) is 2.43. The molecule has 0 aliphatic rings. The van der Waals surface area contributed by atoms with Gasteiger partial charge in [-0.2, -0.15) is 5.10 Å². The number of benzene rings is 1. The molecule has 0 aliphatic carbocycles. The minimum Gasteiger partial charge on any atom is -0.395 e. The molecule has 0 aliphatic heterocycles. The zero-order chi connectivity index (χ0) is 13.9. The summed E-state index contributed by atoms with van der Waals surface area (Å²) in [4.78, 5) is 0. The maximum Gasteiger partial charge on any atom is 0.0543 e. The normalized spacial score (nSPS) is 14.3. The smallest absolute Gasteiger partial charge is 0.0543 e. The Bertz CT molecular complexity index is 544. The minimum absolute atomic E-state index is 0.0296. The van der Waals surface area contributed by atoms with Crippen LogP contribution in [0.1, 0.15) is 16.7 Å². The van der Waals surface area contributed by atoms with Gasteiger partial charge in [0.05, 0.1) is 12.8 Å². The molecule has 102 valence electrons. The molecule has 0 saturated heterocycles. The van der Waals surface area contributed by atoms with Gasteiger partial charge in [-0.25, -0.2) is 0 Å². The van der Waals surface area contributed by atoms with Crippen LogP contribution in [-0.2, 0) is 18.9 Å². The van der Waals surface area contributed by atoms with Crippen LogP contribution in [-0.4, -0.2) is 28.0 Å². The molecule has 1 aromatic carbocycles. The van der Waals surface area contributed by atoms with E-state index in [1.165, 1.54) is 5.56 Å². The molecule has 0 amide bonds. The van der Waals surface area contributed by atoms with E-state index in [1.54, 1.807) is 4.68 Å². The Labute approximate surface area is 113 Å². The highest BCUT2D eigenvalue weighted by Gasteiger charge is 2.31. The first-order chi connectivity index (χ1) is 9.09. The third-order valence-corrected chi connectivity index (χ3v) is 3.62. The van der Waals surface area contributed by atoms with E-state index in [0.717, 1.165) is 11.1 Å². The lowest BCUT2D eigenvalue weighted by atomic mass is 9.76. The third kappa shape index (κ3) is 2.85. The van der Waals surface area contributed by atoms with Crippen LogP contribution >= 0.6 is 0 Å². The molecule has 1 heterocycles. The zero-order valence-corrected chi connectivity index (χ0v) is 11.5. The fourth-order valence-corrected chi connectivity index (χ4v) is 2.43. The number of aliphatic hydroxyl groups is 1. The molecule has 2 aromatic rings. The Hall–Kier alpha value is -1.65. The summed E-state index contributed by atoms with van der Waals surface area (Å²) in [6, 6.07) is 8.19. The number of aliphatic hydroxyl groups excluding tert-OH is 1. The van der Waals surface area contributed by atoms with Crippen molar-refractivity contribution in [3.05, 3.63) is 53.3 Å². The minimum atomic E-state index is -0.435. The van der Waals surface area contributed by atoms with E-state index in [0.29, 0.717) is 13.0 Å². The monoisotopic (exact) mass is 259 g/mol. The van der Waals surface area contributed by atoms with Crippen LogP contribution in [0.3, 0.4) is 0 Å². The van der Waals surface area contributed by atoms with E-state index >= 15 is 0 Å². The Morgan fingerprint density at radius 1 is 1.42 bits per heavy atom. The Morgan fingerprint density at radius 2 is 2.21 bits per heavy atom. The van der Waals surface area contributed by atoms with E-state index in [1.807, 2.05) is 44.6 Å². The standard InChI is InChI=1S/C15H21N3O/c1-12-4-3-5-14(6-12)15(10-16,11-19)7-13-8-17-18(2)9-13/h3-6,8-9,19H,7,10-11,16H2,1-2H3. The number of aromatic nitrogens is 2. The maximum absolute atomic E-state index is 9.88. The van der Waals surface area contributed by atoms with Gasteiger partial charge in [-0.1, -0.05) is 29.8 Å². The molecular formula is C15H21N3O. The second-order valence-corrected chi connectivity index (χ2v) is 5.21. The summed E-state index contributed by atoms with van der Waals surface area (Å²) in [5, 5.41) is 14.1. The molecule has 2 rings (SSSR count). The van der Waals surface area contributed by atoms with Gasteiger partial charge >= 0.3 is 0 Å². The van der Waals surface area contributed by atoms with Crippen molar-refractivity contribution < 1.29 is 5.11 Å². The molecule has 4 nitrogen and oxygen atoms in total. The van der Waals surface area contributed by atoms with Gasteiger partial charge in [0.25, 0.3) is 0 Å². The van der Waals surface area contributed by atoms with Crippen LogP contribution in [0.2, 0.25) is 0 Å². The second kappa shape index (κ2) is 5.55. The molecule has 4 heteroatoms. The molecule has 0 bridgehead atoms. The maximum atomic E-state index is 9.88. The molecule has 0 saturated carbocycles. The first kappa shape index (κ1) is 13.8. The van der Waals surface area contributed by atoms with Crippen molar-refractivity contribution in [2.45, 2.75) is 18.8 Å². The van der Waals surface area contributed by atoms with Crippen molar-refractivity contribution in [1.29, 1.82) is 0 Å². The molecule has 1 unspecified atom stereocenters. The van der Waals surface area contributed by atoms with Crippen LogP contribution in [0, 0.1) is 6.92 Å². The van der Waals surface area contributed by atoms with E-state index in [4.69, 9.17) is 5.73 Å². The molecule has 3 N–H and O–H groups in total. The number of nitrogens with zero attached hydrogens (tertiary/aromatic N) is 2. The molecular weight excluding hydrogens is 238 g/mol. The van der Waals surface area contributed by atoms with Gasteiger partial charge in [-0.05, 0) is 24.5 Å². The molecule has 0 radical (unpaired) electrons. The predicted molar refractivity (Wildman–Crippen MR) is 75.9 cm³/mol. The average molecular weight is 259 g/mol. The first-order valence-corrected chi connectivity index (χ1v) is 6.45. The lowest BCUT2D eigenvalue weighted by Gasteiger charge is -2.31. The van der Waals surface area contributed by atoms with Crippen molar-refractivity contribution in [3.8, 4) is 0 Å². The summed E-state index contributed by atoms with van der Waals surface area (Å²) >= 11 is 0. The van der Waals surface area contributed by atoms with Crippen LogP contribution in [0.5, 0.6) is 0 Å². The zero-order valence-electron chi connectivity index (χ0n) is 11.5. The van der Waals surface area contributed by atoms with Gasteiger partial charge in [0, 0.05) is 25.2 Å². The summed E-state index contributed by atoms with van der Waals surface area (Å²) in [5.41, 5.74) is 8.88. The number of aryl methyl sites for hydroxylation is 2. The summed E-state index contributed by atoms with van der Waals surface area (Å²) in [5.74, 6) is 0. The number of nitrogens with two attached hydrogens (primary N) is 1. The Kier molecular flexibility index (Phi) is 4.02. The highest BCUT2D eigenvalue weighted by Crippen LogP contribution is 2.28. The van der Waals surface area contributed by atoms with Crippen LogP contribution in [0.25, 0.3) is 0 Å². The lowest BCUT2D eigenvalue weighted by Crippen LogP contribution is -2.41. The van der Waals surface area contributed by atoms with Gasteiger partial charge in [-0.15, -0.1) is 0 Å². The summed E-state index contributed by atoms with van der Waals surface area (Å²) in [6.07, 6.45) is 4.49. The van der Waals surface area contributed by atoms with Gasteiger partial charge in [-0.3, -0.25) is 4.68 Å². The quantitative estimate of drug-likeness (QED) is 0.847. The van der Waals surface area contributed by atoms with Crippen molar-refractivity contribution in [2.75, 3.05) is 13.2 Å². The number of rotatable bonds is 5. The molecule has 1 aromatic heterocycles. The van der Waals surface area contributed by atoms with E-state index in [9.17, 15) is 5.11 Å². The largest absolute Gasteiger partial charge is 0.395 e. The Morgan fingerprint density at radius 3 is 2.74 bits per heavy atom. The van der Waals surface area contributed by atoms with Crippen LogP contribution in [0.4, 0.5) is 0 Å². The van der Waals surface area contributed by atoms with Crippen molar-refractivity contribution in [1.82, 2.24) is 9.78 Å². The molecule has 0 fully saturated rings. The van der Waals surface area contributed by atoms with Gasteiger partial charge < -0.3 is 10.8 Å². The van der Waals surface area contributed by atoms with Crippen molar-refractivity contribution >= 4 is 0 Å². The second-order valence-electron chi connectivity index (χ2n) is 5.21. The average Bonchev–Trinajstić information content (AvgIpc) is 2.81. The number of hydrogen-bond acceptors (Lipinski definition) is 3. The van der Waals surface area contributed by atoms with Crippen LogP contribution < -0.4 is 5.73 Å². The summed E-state index contributed by atoms with van der Waals surface area (Å²) < 4.78 is 1.77. The van der Waals surface area contributed by atoms with E-state index in [2.05, 4.69) is 11.2 Å². The summed E-state index contributed by atoms with van der Waals surface area (Å²) in [6.45, 7) is 2.48. The molecule has 1 atom stereocenters. The lowest BCUT2D eigenvalue weighted by molar-refractivity contribution is 0.196. The molecule has 0 spiro atoms. The van der Waals surface area contributed by atoms with Gasteiger partial charge in [0.2, 0.25) is 0 Å². The van der Waals surface area contributed by atoms with Gasteiger partial charge in [0.1, 0.15) is 0 Å². The highest BCUT2D eigenvalue weighted by atomic mass is 16.3. The SMILES string of the molecule is Cc1cccc(C(CN)(CO)Cc2cnn(C)c2)c1. The van der Waals surface area contributed by atoms with Crippen LogP contribution in [0.15, 0.2) is 36.7 Å². The van der Waals surface area contributed by atoms with Gasteiger partial charge in [0.15, 0.2) is 0 Å². The topological polar surface area (TPSA) is 64.1 Å².